The summed E-state index contributed by atoms with van der Waals surface area (Å²) < 4.78 is 1.38. The molecule has 0 saturated heterocycles. The van der Waals surface area contributed by atoms with Gasteiger partial charge in [0.05, 0.1) is 23.6 Å². The summed E-state index contributed by atoms with van der Waals surface area (Å²) >= 11 is 1.60. The SMILES string of the molecule is C[C@H]1CCc2c(sc3nnn(Cc4ccccc4C#N)c(=O)c23)C1. The van der Waals surface area contributed by atoms with Crippen LogP contribution in [0.4, 0.5) is 0 Å². The molecule has 0 radical (unpaired) electrons. The number of hydrogen-bond donors (Lipinski definition) is 0. The molecule has 1 aliphatic rings. The second-order valence-corrected chi connectivity index (χ2v) is 7.44. The first-order valence-corrected chi connectivity index (χ1v) is 8.85. The van der Waals surface area contributed by atoms with E-state index in [0.29, 0.717) is 11.5 Å². The third-order valence-corrected chi connectivity index (χ3v) is 5.78. The van der Waals surface area contributed by atoms with Crippen LogP contribution in [0.1, 0.15) is 34.9 Å². The molecule has 2 aromatic heterocycles. The Bertz CT molecular complexity index is 1030. The molecule has 0 spiro atoms. The number of aryl methyl sites for hydroxylation is 1. The topological polar surface area (TPSA) is 71.6 Å². The lowest BCUT2D eigenvalue weighted by Gasteiger charge is -2.17. The molecule has 1 aliphatic carbocycles. The predicted octanol–water partition coefficient (Wildman–Crippen LogP) is 2.90. The van der Waals surface area contributed by atoms with Crippen molar-refractivity contribution in [1.82, 2.24) is 15.0 Å². The van der Waals surface area contributed by atoms with Crippen LogP contribution in [-0.2, 0) is 19.4 Å². The lowest BCUT2D eigenvalue weighted by molar-refractivity contribution is 0.508. The van der Waals surface area contributed by atoms with Crippen molar-refractivity contribution in [2.75, 3.05) is 0 Å². The van der Waals surface area contributed by atoms with Crippen molar-refractivity contribution in [2.24, 2.45) is 5.92 Å². The molecule has 4 rings (SSSR count). The van der Waals surface area contributed by atoms with Crippen LogP contribution in [0, 0.1) is 17.2 Å². The minimum absolute atomic E-state index is 0.0974. The lowest BCUT2D eigenvalue weighted by atomic mass is 9.89. The van der Waals surface area contributed by atoms with Gasteiger partial charge in [0.1, 0.15) is 0 Å². The Morgan fingerprint density at radius 2 is 2.25 bits per heavy atom. The van der Waals surface area contributed by atoms with Gasteiger partial charge in [-0.3, -0.25) is 4.79 Å². The Labute approximate surface area is 143 Å². The molecule has 1 aromatic carbocycles. The van der Waals surface area contributed by atoms with Crippen LogP contribution in [-0.4, -0.2) is 15.0 Å². The third kappa shape index (κ3) is 2.42. The van der Waals surface area contributed by atoms with Gasteiger partial charge in [0.2, 0.25) is 0 Å². The van der Waals surface area contributed by atoms with Gasteiger partial charge in [-0.1, -0.05) is 30.3 Å². The van der Waals surface area contributed by atoms with Crippen molar-refractivity contribution < 1.29 is 0 Å². The smallest absolute Gasteiger partial charge is 0.267 e. The van der Waals surface area contributed by atoms with Gasteiger partial charge in [-0.15, -0.1) is 16.4 Å². The standard InChI is InChI=1S/C18H16N4OS/c1-11-6-7-14-15(8-11)24-17-16(14)18(23)22(21-20-17)10-13-5-3-2-4-12(13)9-19/h2-5,11H,6-8,10H2,1H3/t11-/m0/s1. The molecule has 2 heterocycles. The second-order valence-electron chi connectivity index (χ2n) is 6.35. The third-order valence-electron chi connectivity index (χ3n) is 4.64. The van der Waals surface area contributed by atoms with Crippen LogP contribution in [0.2, 0.25) is 0 Å². The number of nitriles is 1. The highest BCUT2D eigenvalue weighted by Gasteiger charge is 2.23. The van der Waals surface area contributed by atoms with Crippen LogP contribution in [0.5, 0.6) is 0 Å². The number of nitrogens with zero attached hydrogens (tertiary/aromatic N) is 4. The monoisotopic (exact) mass is 336 g/mol. The van der Waals surface area contributed by atoms with Gasteiger partial charge in [-0.2, -0.15) is 5.26 Å². The predicted molar refractivity (Wildman–Crippen MR) is 93.1 cm³/mol. The molecule has 0 aliphatic heterocycles. The average molecular weight is 336 g/mol. The Kier molecular flexibility index (Phi) is 3.66. The minimum Gasteiger partial charge on any atom is -0.267 e. The van der Waals surface area contributed by atoms with Crippen molar-refractivity contribution in [2.45, 2.75) is 32.7 Å². The molecule has 120 valence electrons. The molecular formula is C18H16N4OS. The van der Waals surface area contributed by atoms with Crippen molar-refractivity contribution in [3.8, 4) is 6.07 Å². The number of rotatable bonds is 2. The van der Waals surface area contributed by atoms with Gasteiger partial charge in [0.25, 0.3) is 5.56 Å². The van der Waals surface area contributed by atoms with E-state index in [9.17, 15) is 10.1 Å². The Morgan fingerprint density at radius 1 is 1.42 bits per heavy atom. The van der Waals surface area contributed by atoms with E-state index in [0.717, 1.165) is 40.6 Å². The summed E-state index contributed by atoms with van der Waals surface area (Å²) in [7, 11) is 0. The molecule has 0 N–H and O–H groups in total. The number of aromatic nitrogens is 3. The van der Waals surface area contributed by atoms with Crippen molar-refractivity contribution in [3.63, 3.8) is 0 Å². The molecule has 0 saturated carbocycles. The molecule has 6 heteroatoms. The summed E-state index contributed by atoms with van der Waals surface area (Å²) in [5.74, 6) is 0.656. The van der Waals surface area contributed by atoms with E-state index < -0.39 is 0 Å². The van der Waals surface area contributed by atoms with Crippen LogP contribution in [0.15, 0.2) is 29.1 Å². The molecule has 0 fully saturated rings. The summed E-state index contributed by atoms with van der Waals surface area (Å²) in [6, 6.07) is 9.44. The largest absolute Gasteiger partial charge is 0.279 e. The van der Waals surface area contributed by atoms with Crippen LogP contribution in [0.25, 0.3) is 10.2 Å². The van der Waals surface area contributed by atoms with E-state index in [1.165, 1.54) is 9.56 Å². The van der Waals surface area contributed by atoms with Gasteiger partial charge in [-0.05, 0) is 42.4 Å². The van der Waals surface area contributed by atoms with Crippen LogP contribution >= 0.6 is 11.3 Å². The fraction of sp³-hybridized carbons (Fsp3) is 0.333. The van der Waals surface area contributed by atoms with Crippen molar-refractivity contribution >= 4 is 21.6 Å². The van der Waals surface area contributed by atoms with Crippen LogP contribution in [0.3, 0.4) is 0 Å². The Morgan fingerprint density at radius 3 is 3.08 bits per heavy atom. The van der Waals surface area contributed by atoms with Gasteiger partial charge < -0.3 is 0 Å². The zero-order chi connectivity index (χ0) is 16.7. The minimum atomic E-state index is -0.0974. The molecule has 24 heavy (non-hydrogen) atoms. The van der Waals surface area contributed by atoms with Gasteiger partial charge in [-0.25, -0.2) is 4.68 Å². The summed E-state index contributed by atoms with van der Waals surface area (Å²) in [5, 5.41) is 18.3. The fourth-order valence-corrected chi connectivity index (χ4v) is 4.64. The van der Waals surface area contributed by atoms with E-state index in [2.05, 4.69) is 23.3 Å². The van der Waals surface area contributed by atoms with Crippen molar-refractivity contribution in [3.05, 3.63) is 56.2 Å². The number of hydrogen-bond acceptors (Lipinski definition) is 5. The molecule has 1 atom stereocenters. The summed E-state index contributed by atoms with van der Waals surface area (Å²) in [5.41, 5.74) is 2.41. The Balaban J connectivity index is 1.82. The molecular weight excluding hydrogens is 320 g/mol. The van der Waals surface area contributed by atoms with Gasteiger partial charge >= 0.3 is 0 Å². The van der Waals surface area contributed by atoms with Crippen LogP contribution < -0.4 is 5.56 Å². The first kappa shape index (κ1) is 15.0. The van der Waals surface area contributed by atoms with Gasteiger partial charge in [0, 0.05) is 4.88 Å². The van der Waals surface area contributed by atoms with Crippen molar-refractivity contribution in [1.29, 1.82) is 5.26 Å². The first-order chi connectivity index (χ1) is 11.7. The number of thiophene rings is 1. The molecule has 3 aromatic rings. The Hall–Kier alpha value is -2.52. The average Bonchev–Trinajstić information content (AvgIpc) is 2.96. The molecule has 5 nitrogen and oxygen atoms in total. The number of benzene rings is 1. The highest BCUT2D eigenvalue weighted by atomic mass is 32.1. The molecule has 0 bridgehead atoms. The maximum Gasteiger partial charge on any atom is 0.279 e. The van der Waals surface area contributed by atoms with E-state index in [-0.39, 0.29) is 12.1 Å². The fourth-order valence-electron chi connectivity index (χ4n) is 3.32. The summed E-state index contributed by atoms with van der Waals surface area (Å²) in [6.45, 7) is 2.52. The first-order valence-electron chi connectivity index (χ1n) is 8.03. The zero-order valence-electron chi connectivity index (χ0n) is 13.3. The second kappa shape index (κ2) is 5.84. The maximum absolute atomic E-state index is 12.9. The normalized spacial score (nSPS) is 16.8. The summed E-state index contributed by atoms with van der Waals surface area (Å²) in [4.78, 5) is 15.0. The zero-order valence-corrected chi connectivity index (χ0v) is 14.1. The van der Waals surface area contributed by atoms with E-state index in [1.54, 1.807) is 17.4 Å². The van der Waals surface area contributed by atoms with Gasteiger partial charge in [0.15, 0.2) is 4.83 Å². The highest BCUT2D eigenvalue weighted by Crippen LogP contribution is 2.35. The van der Waals surface area contributed by atoms with E-state index >= 15 is 0 Å². The van der Waals surface area contributed by atoms with E-state index in [1.807, 2.05) is 18.2 Å². The summed E-state index contributed by atoms with van der Waals surface area (Å²) in [6.07, 6.45) is 3.07. The maximum atomic E-state index is 12.9. The number of fused-ring (bicyclic) bond motifs is 3. The highest BCUT2D eigenvalue weighted by molar-refractivity contribution is 7.18. The molecule has 0 amide bonds. The lowest BCUT2D eigenvalue weighted by Crippen LogP contribution is -2.25. The molecule has 0 unspecified atom stereocenters. The quantitative estimate of drug-likeness (QED) is 0.721. The van der Waals surface area contributed by atoms with E-state index in [4.69, 9.17) is 0 Å².